The monoisotopic (exact) mass is 308 g/mol. The summed E-state index contributed by atoms with van der Waals surface area (Å²) in [5.41, 5.74) is 1.88. The zero-order valence-corrected chi connectivity index (χ0v) is 14.6. The van der Waals surface area contributed by atoms with Crippen LogP contribution in [-0.4, -0.2) is 57.0 Å². The van der Waals surface area contributed by atoms with Crippen molar-refractivity contribution in [3.05, 3.63) is 17.5 Å². The first-order valence-electron chi connectivity index (χ1n) is 7.87. The van der Waals surface area contributed by atoms with Crippen molar-refractivity contribution in [2.45, 2.75) is 52.8 Å². The number of carbonyl (C=O) groups is 1. The Morgan fingerprint density at radius 2 is 2.09 bits per heavy atom. The van der Waals surface area contributed by atoms with Gasteiger partial charge < -0.3 is 9.64 Å². The lowest BCUT2D eigenvalue weighted by Gasteiger charge is -2.40. The molecule has 0 bridgehead atoms. The molecule has 0 saturated carbocycles. The second-order valence-corrected chi connectivity index (χ2v) is 7.17. The molecule has 1 amide bonds. The van der Waals surface area contributed by atoms with Crippen molar-refractivity contribution in [1.29, 1.82) is 0 Å². The van der Waals surface area contributed by atoms with Crippen LogP contribution in [0.5, 0.6) is 0 Å². The Morgan fingerprint density at radius 1 is 1.41 bits per heavy atom. The standard InChI is InChI=1S/C16H28N4O2/c1-12-9-19(11-14-10-18(6)17-13(14)2)7-8-20(12)15(21)22-16(3,4)5/h10,12H,7-9,11H2,1-6H3/t12-/m1/s1. The molecule has 1 aliphatic heterocycles. The number of carbonyl (C=O) groups excluding carboxylic acids is 1. The first-order valence-corrected chi connectivity index (χ1v) is 7.87. The number of amides is 1. The highest BCUT2D eigenvalue weighted by atomic mass is 16.6. The molecule has 1 aromatic rings. The molecular weight excluding hydrogens is 280 g/mol. The second kappa shape index (κ2) is 6.28. The number of aromatic nitrogens is 2. The van der Waals surface area contributed by atoms with E-state index in [9.17, 15) is 4.79 Å². The Balaban J connectivity index is 1.92. The van der Waals surface area contributed by atoms with Gasteiger partial charge in [0, 0.05) is 51.0 Å². The van der Waals surface area contributed by atoms with Gasteiger partial charge in [-0.3, -0.25) is 9.58 Å². The summed E-state index contributed by atoms with van der Waals surface area (Å²) < 4.78 is 7.33. The number of aryl methyl sites for hydroxylation is 2. The Morgan fingerprint density at radius 3 is 2.59 bits per heavy atom. The zero-order valence-electron chi connectivity index (χ0n) is 14.6. The van der Waals surface area contributed by atoms with Crippen molar-refractivity contribution in [1.82, 2.24) is 19.6 Å². The third-order valence-electron chi connectivity index (χ3n) is 3.85. The number of rotatable bonds is 2. The van der Waals surface area contributed by atoms with E-state index in [1.165, 1.54) is 5.56 Å². The predicted octanol–water partition coefficient (Wildman–Crippen LogP) is 2.17. The van der Waals surface area contributed by atoms with E-state index in [0.717, 1.165) is 25.3 Å². The molecule has 1 aromatic heterocycles. The van der Waals surface area contributed by atoms with E-state index in [4.69, 9.17) is 4.74 Å². The molecule has 0 aliphatic carbocycles. The van der Waals surface area contributed by atoms with Crippen LogP contribution < -0.4 is 0 Å². The van der Waals surface area contributed by atoms with Gasteiger partial charge in [-0.05, 0) is 34.6 Å². The summed E-state index contributed by atoms with van der Waals surface area (Å²) in [6.07, 6.45) is 1.86. The molecule has 0 aromatic carbocycles. The van der Waals surface area contributed by atoms with Crippen LogP contribution >= 0.6 is 0 Å². The van der Waals surface area contributed by atoms with Gasteiger partial charge in [-0.2, -0.15) is 5.10 Å². The summed E-state index contributed by atoms with van der Waals surface area (Å²) >= 11 is 0. The maximum Gasteiger partial charge on any atom is 0.410 e. The van der Waals surface area contributed by atoms with Crippen molar-refractivity contribution >= 4 is 6.09 Å². The minimum absolute atomic E-state index is 0.153. The van der Waals surface area contributed by atoms with Gasteiger partial charge in [0.2, 0.25) is 0 Å². The molecular formula is C16H28N4O2. The molecule has 22 heavy (non-hydrogen) atoms. The van der Waals surface area contributed by atoms with Crippen LogP contribution in [0, 0.1) is 6.92 Å². The minimum atomic E-state index is -0.444. The number of ether oxygens (including phenoxy) is 1. The van der Waals surface area contributed by atoms with E-state index in [-0.39, 0.29) is 12.1 Å². The van der Waals surface area contributed by atoms with Gasteiger partial charge in [0.25, 0.3) is 0 Å². The summed E-state index contributed by atoms with van der Waals surface area (Å²) in [6, 6.07) is 0.153. The third-order valence-corrected chi connectivity index (χ3v) is 3.85. The summed E-state index contributed by atoms with van der Waals surface area (Å²) in [6.45, 7) is 13.1. The minimum Gasteiger partial charge on any atom is -0.444 e. The quantitative estimate of drug-likeness (QED) is 0.840. The molecule has 6 heteroatoms. The van der Waals surface area contributed by atoms with Gasteiger partial charge in [-0.15, -0.1) is 0 Å². The highest BCUT2D eigenvalue weighted by Crippen LogP contribution is 2.18. The summed E-state index contributed by atoms with van der Waals surface area (Å²) in [7, 11) is 1.94. The topological polar surface area (TPSA) is 50.6 Å². The van der Waals surface area contributed by atoms with E-state index in [1.54, 1.807) is 0 Å². The summed E-state index contributed by atoms with van der Waals surface area (Å²) in [5, 5.41) is 4.38. The van der Waals surface area contributed by atoms with Crippen molar-refractivity contribution in [3.8, 4) is 0 Å². The lowest BCUT2D eigenvalue weighted by Crippen LogP contribution is -2.54. The van der Waals surface area contributed by atoms with Crippen LogP contribution in [0.25, 0.3) is 0 Å². The molecule has 2 rings (SSSR count). The van der Waals surface area contributed by atoms with Crippen LogP contribution in [0.1, 0.15) is 39.0 Å². The number of nitrogens with zero attached hydrogens (tertiary/aromatic N) is 4. The molecule has 0 N–H and O–H groups in total. The third kappa shape index (κ3) is 4.22. The van der Waals surface area contributed by atoms with Gasteiger partial charge in [-0.1, -0.05) is 0 Å². The fraction of sp³-hybridized carbons (Fsp3) is 0.750. The highest BCUT2D eigenvalue weighted by Gasteiger charge is 2.30. The predicted molar refractivity (Wildman–Crippen MR) is 85.6 cm³/mol. The largest absolute Gasteiger partial charge is 0.444 e. The average molecular weight is 308 g/mol. The number of hydrogen-bond acceptors (Lipinski definition) is 4. The van der Waals surface area contributed by atoms with Crippen molar-refractivity contribution < 1.29 is 9.53 Å². The SMILES string of the molecule is Cc1nn(C)cc1CN1CCN(C(=O)OC(C)(C)C)[C@H](C)C1. The highest BCUT2D eigenvalue weighted by molar-refractivity contribution is 5.68. The summed E-state index contributed by atoms with van der Waals surface area (Å²) in [4.78, 5) is 16.4. The number of hydrogen-bond donors (Lipinski definition) is 0. The van der Waals surface area contributed by atoms with Crippen LogP contribution in [0.4, 0.5) is 4.79 Å². The van der Waals surface area contributed by atoms with E-state index >= 15 is 0 Å². The molecule has 0 unspecified atom stereocenters. The molecule has 2 heterocycles. The van der Waals surface area contributed by atoms with Gasteiger partial charge in [0.1, 0.15) is 5.60 Å². The van der Waals surface area contributed by atoms with Crippen molar-refractivity contribution in [2.24, 2.45) is 7.05 Å². The van der Waals surface area contributed by atoms with Gasteiger partial charge in [0.05, 0.1) is 5.69 Å². The Hall–Kier alpha value is -1.56. The normalized spacial score (nSPS) is 20.3. The molecule has 1 aliphatic rings. The van der Waals surface area contributed by atoms with E-state index in [2.05, 4.69) is 23.1 Å². The van der Waals surface area contributed by atoms with Crippen LogP contribution in [0.3, 0.4) is 0 Å². The molecule has 124 valence electrons. The zero-order chi connectivity index (χ0) is 16.5. The van der Waals surface area contributed by atoms with Gasteiger partial charge >= 0.3 is 6.09 Å². The molecule has 1 fully saturated rings. The molecule has 6 nitrogen and oxygen atoms in total. The molecule has 1 saturated heterocycles. The molecule has 1 atom stereocenters. The molecule has 0 spiro atoms. The Labute approximate surface area is 133 Å². The van der Waals surface area contributed by atoms with E-state index in [1.807, 2.05) is 44.3 Å². The maximum atomic E-state index is 12.2. The van der Waals surface area contributed by atoms with Gasteiger partial charge in [-0.25, -0.2) is 4.79 Å². The Kier molecular flexibility index (Phi) is 4.80. The van der Waals surface area contributed by atoms with Crippen molar-refractivity contribution in [3.63, 3.8) is 0 Å². The van der Waals surface area contributed by atoms with Crippen LogP contribution in [0.2, 0.25) is 0 Å². The maximum absolute atomic E-state index is 12.2. The van der Waals surface area contributed by atoms with E-state index in [0.29, 0.717) is 6.54 Å². The first kappa shape index (κ1) is 16.8. The van der Waals surface area contributed by atoms with Gasteiger partial charge in [0.15, 0.2) is 0 Å². The average Bonchev–Trinajstić information content (AvgIpc) is 2.65. The Bertz CT molecular complexity index is 533. The second-order valence-electron chi connectivity index (χ2n) is 7.17. The molecule has 0 radical (unpaired) electrons. The van der Waals surface area contributed by atoms with Crippen molar-refractivity contribution in [2.75, 3.05) is 19.6 Å². The van der Waals surface area contributed by atoms with E-state index < -0.39 is 5.60 Å². The lowest BCUT2D eigenvalue weighted by molar-refractivity contribution is 0.000536. The number of piperazine rings is 1. The smallest absolute Gasteiger partial charge is 0.410 e. The fourth-order valence-electron chi connectivity index (χ4n) is 2.81. The first-order chi connectivity index (χ1) is 10.2. The lowest BCUT2D eigenvalue weighted by atomic mass is 10.1. The summed E-state index contributed by atoms with van der Waals surface area (Å²) in [5.74, 6) is 0. The van der Waals surface area contributed by atoms with Crippen LogP contribution in [-0.2, 0) is 18.3 Å². The van der Waals surface area contributed by atoms with Crippen LogP contribution in [0.15, 0.2) is 6.20 Å². The fourth-order valence-corrected chi connectivity index (χ4v) is 2.81.